The predicted molar refractivity (Wildman–Crippen MR) is 119 cm³/mol. The average Bonchev–Trinajstić information content (AvgIpc) is 2.73. The summed E-state index contributed by atoms with van der Waals surface area (Å²) in [6.45, 7) is 0.0524. The number of amides is 2. The van der Waals surface area contributed by atoms with Crippen molar-refractivity contribution in [2.45, 2.75) is 38.1 Å². The fourth-order valence-electron chi connectivity index (χ4n) is 3.56. The Hall–Kier alpha value is -2.24. The van der Waals surface area contributed by atoms with Crippen LogP contribution in [0.4, 0.5) is 11.4 Å². The van der Waals surface area contributed by atoms with E-state index < -0.39 is 0 Å². The largest absolute Gasteiger partial charge is 0.376 e. The van der Waals surface area contributed by atoms with E-state index in [1.54, 1.807) is 42.5 Å². The lowest BCUT2D eigenvalue weighted by atomic mass is 9.94. The van der Waals surface area contributed by atoms with Gasteiger partial charge in [-0.3, -0.25) is 9.59 Å². The van der Waals surface area contributed by atoms with Crippen LogP contribution in [0.1, 0.15) is 42.5 Å². The smallest absolute Gasteiger partial charge is 0.255 e. The topological polar surface area (TPSA) is 61.4 Å². The molecule has 1 saturated carbocycles. The Morgan fingerprint density at radius 1 is 1.03 bits per heavy atom. The van der Waals surface area contributed by atoms with Crippen LogP contribution in [0, 0.1) is 0 Å². The molecule has 7 heteroatoms. The minimum atomic E-state index is -0.230. The zero-order valence-electron chi connectivity index (χ0n) is 16.4. The number of rotatable bonds is 6. The summed E-state index contributed by atoms with van der Waals surface area (Å²) in [5.74, 6) is -0.295. The average molecular weight is 434 g/mol. The van der Waals surface area contributed by atoms with Crippen molar-refractivity contribution in [2.24, 2.45) is 0 Å². The SMILES string of the molecule is CN(C(=O)c1ccc(NCC(=O)Nc2ccccc2Cl)cc1Cl)C1CCCCC1. The van der Waals surface area contributed by atoms with E-state index in [2.05, 4.69) is 10.6 Å². The maximum atomic E-state index is 12.8. The summed E-state index contributed by atoms with van der Waals surface area (Å²) in [5.41, 5.74) is 1.71. The molecule has 2 N–H and O–H groups in total. The molecule has 0 heterocycles. The minimum absolute atomic E-state index is 0.0524. The van der Waals surface area contributed by atoms with Gasteiger partial charge in [-0.1, -0.05) is 54.6 Å². The highest BCUT2D eigenvalue weighted by Crippen LogP contribution is 2.26. The molecule has 1 fully saturated rings. The van der Waals surface area contributed by atoms with Gasteiger partial charge in [0.1, 0.15) is 0 Å². The van der Waals surface area contributed by atoms with Gasteiger partial charge < -0.3 is 15.5 Å². The van der Waals surface area contributed by atoms with Crippen LogP contribution in [-0.4, -0.2) is 36.3 Å². The van der Waals surface area contributed by atoms with Crippen LogP contribution in [0.25, 0.3) is 0 Å². The van der Waals surface area contributed by atoms with Gasteiger partial charge >= 0.3 is 0 Å². The highest BCUT2D eigenvalue weighted by atomic mass is 35.5. The number of carbonyl (C=O) groups excluding carboxylic acids is 2. The number of anilines is 2. The van der Waals surface area contributed by atoms with Gasteiger partial charge in [-0.2, -0.15) is 0 Å². The molecule has 0 unspecified atom stereocenters. The summed E-state index contributed by atoms with van der Waals surface area (Å²) >= 11 is 12.4. The van der Waals surface area contributed by atoms with E-state index in [1.165, 1.54) is 6.42 Å². The molecule has 3 rings (SSSR count). The highest BCUT2D eigenvalue weighted by molar-refractivity contribution is 6.34. The maximum absolute atomic E-state index is 12.8. The van der Waals surface area contributed by atoms with E-state index in [1.807, 2.05) is 11.9 Å². The third-order valence-electron chi connectivity index (χ3n) is 5.24. The van der Waals surface area contributed by atoms with Gasteiger partial charge in [0.2, 0.25) is 5.91 Å². The van der Waals surface area contributed by atoms with E-state index in [0.717, 1.165) is 25.7 Å². The van der Waals surface area contributed by atoms with Crippen LogP contribution >= 0.6 is 23.2 Å². The number of halogens is 2. The van der Waals surface area contributed by atoms with Gasteiger partial charge in [0.25, 0.3) is 5.91 Å². The first-order chi connectivity index (χ1) is 14.0. The lowest BCUT2D eigenvalue weighted by Gasteiger charge is -2.31. The number of carbonyl (C=O) groups is 2. The van der Waals surface area contributed by atoms with Gasteiger partial charge in [-0.05, 0) is 43.2 Å². The molecule has 0 aliphatic heterocycles. The lowest BCUT2D eigenvalue weighted by molar-refractivity contribution is -0.114. The molecular weight excluding hydrogens is 409 g/mol. The summed E-state index contributed by atoms with van der Waals surface area (Å²) in [6.07, 6.45) is 5.65. The molecule has 2 aromatic rings. The Kier molecular flexibility index (Phi) is 7.40. The van der Waals surface area contributed by atoms with Crippen molar-refractivity contribution in [1.29, 1.82) is 0 Å². The molecule has 0 radical (unpaired) electrons. The second-order valence-electron chi connectivity index (χ2n) is 7.28. The molecular formula is C22H25Cl2N3O2. The molecule has 5 nitrogen and oxygen atoms in total. The summed E-state index contributed by atoms with van der Waals surface area (Å²) in [4.78, 5) is 26.8. The fraction of sp³-hybridized carbons (Fsp3) is 0.364. The molecule has 1 aliphatic carbocycles. The molecule has 0 spiro atoms. The number of hydrogen-bond acceptors (Lipinski definition) is 3. The number of nitrogens with zero attached hydrogens (tertiary/aromatic N) is 1. The Morgan fingerprint density at radius 3 is 2.45 bits per heavy atom. The third kappa shape index (κ3) is 5.64. The van der Waals surface area contributed by atoms with Gasteiger partial charge in [0, 0.05) is 18.8 Å². The van der Waals surface area contributed by atoms with E-state index in [0.29, 0.717) is 27.0 Å². The number of benzene rings is 2. The molecule has 0 bridgehead atoms. The maximum Gasteiger partial charge on any atom is 0.255 e. The highest BCUT2D eigenvalue weighted by Gasteiger charge is 2.24. The molecule has 0 atom stereocenters. The zero-order valence-corrected chi connectivity index (χ0v) is 17.9. The van der Waals surface area contributed by atoms with Crippen molar-refractivity contribution < 1.29 is 9.59 Å². The zero-order chi connectivity index (χ0) is 20.8. The fourth-order valence-corrected chi connectivity index (χ4v) is 4.01. The number of para-hydroxylation sites is 1. The molecule has 154 valence electrons. The number of nitrogens with one attached hydrogen (secondary N) is 2. The molecule has 1 aliphatic rings. The molecule has 0 saturated heterocycles. The standard InChI is InChI=1S/C22H25Cl2N3O2/c1-27(16-7-3-2-4-8-16)22(29)17-12-11-15(13-19(17)24)25-14-21(28)26-20-10-6-5-9-18(20)23/h5-6,9-13,16,25H,2-4,7-8,14H2,1H3,(H,26,28). The minimum Gasteiger partial charge on any atom is -0.376 e. The Bertz CT molecular complexity index is 882. The molecule has 2 aromatic carbocycles. The van der Waals surface area contributed by atoms with Crippen molar-refractivity contribution in [3.05, 3.63) is 58.1 Å². The monoisotopic (exact) mass is 433 g/mol. The van der Waals surface area contributed by atoms with Crippen LogP contribution in [0.15, 0.2) is 42.5 Å². The quantitative estimate of drug-likeness (QED) is 0.636. The van der Waals surface area contributed by atoms with Gasteiger partial charge in [-0.25, -0.2) is 0 Å². The predicted octanol–water partition coefficient (Wildman–Crippen LogP) is 5.45. The van der Waals surface area contributed by atoms with Crippen LogP contribution in [0.5, 0.6) is 0 Å². The van der Waals surface area contributed by atoms with E-state index in [9.17, 15) is 9.59 Å². The van der Waals surface area contributed by atoms with E-state index >= 15 is 0 Å². The third-order valence-corrected chi connectivity index (χ3v) is 5.89. The van der Waals surface area contributed by atoms with Crippen molar-refractivity contribution >= 4 is 46.4 Å². The van der Waals surface area contributed by atoms with Gasteiger partial charge in [0.15, 0.2) is 0 Å². The van der Waals surface area contributed by atoms with E-state index in [4.69, 9.17) is 23.2 Å². The molecule has 0 aromatic heterocycles. The van der Waals surface area contributed by atoms with Crippen molar-refractivity contribution in [1.82, 2.24) is 4.90 Å². The normalized spacial score (nSPS) is 14.3. The first-order valence-corrected chi connectivity index (χ1v) is 10.6. The Labute approximate surface area is 181 Å². The second-order valence-corrected chi connectivity index (χ2v) is 8.10. The van der Waals surface area contributed by atoms with E-state index in [-0.39, 0.29) is 24.4 Å². The van der Waals surface area contributed by atoms with Crippen LogP contribution in [0.2, 0.25) is 10.0 Å². The first-order valence-electron chi connectivity index (χ1n) is 9.80. The lowest BCUT2D eigenvalue weighted by Crippen LogP contribution is -2.38. The summed E-state index contributed by atoms with van der Waals surface area (Å²) in [5, 5.41) is 6.62. The summed E-state index contributed by atoms with van der Waals surface area (Å²) in [6, 6.07) is 12.5. The summed E-state index contributed by atoms with van der Waals surface area (Å²) < 4.78 is 0. The van der Waals surface area contributed by atoms with Crippen LogP contribution in [-0.2, 0) is 4.79 Å². The van der Waals surface area contributed by atoms with Crippen molar-refractivity contribution in [3.63, 3.8) is 0 Å². The van der Waals surface area contributed by atoms with Gasteiger partial charge in [-0.15, -0.1) is 0 Å². The Balaban J connectivity index is 1.58. The van der Waals surface area contributed by atoms with Crippen molar-refractivity contribution in [3.8, 4) is 0 Å². The van der Waals surface area contributed by atoms with Crippen LogP contribution < -0.4 is 10.6 Å². The Morgan fingerprint density at radius 2 is 1.76 bits per heavy atom. The van der Waals surface area contributed by atoms with Gasteiger partial charge in [0.05, 0.1) is 27.8 Å². The van der Waals surface area contributed by atoms with Crippen molar-refractivity contribution in [2.75, 3.05) is 24.2 Å². The van der Waals surface area contributed by atoms with Crippen LogP contribution in [0.3, 0.4) is 0 Å². The molecule has 2 amide bonds. The summed E-state index contributed by atoms with van der Waals surface area (Å²) in [7, 11) is 1.85. The molecule has 29 heavy (non-hydrogen) atoms. The first kappa shape index (κ1) is 21.5. The second kappa shape index (κ2) is 9.99. The number of hydrogen-bond donors (Lipinski definition) is 2.